The first-order valence-electron chi connectivity index (χ1n) is 4.86. The zero-order valence-electron chi connectivity index (χ0n) is 9.16. The van der Waals surface area contributed by atoms with Crippen LogP contribution in [0.25, 0.3) is 0 Å². The summed E-state index contributed by atoms with van der Waals surface area (Å²) >= 11 is 5.77. The van der Waals surface area contributed by atoms with Crippen molar-refractivity contribution in [3.8, 4) is 5.75 Å². The van der Waals surface area contributed by atoms with E-state index in [0.717, 1.165) is 0 Å². The van der Waals surface area contributed by atoms with Crippen LogP contribution < -0.4 is 15.2 Å². The Balaban J connectivity index is 2.69. The predicted molar refractivity (Wildman–Crippen MR) is 60.9 cm³/mol. The lowest BCUT2D eigenvalue weighted by Gasteiger charge is -2.10. The molecule has 0 aliphatic carbocycles. The highest BCUT2D eigenvalue weighted by Gasteiger charge is 2.08. The van der Waals surface area contributed by atoms with Crippen molar-refractivity contribution in [3.63, 3.8) is 0 Å². The molecule has 0 aromatic heterocycles. The lowest BCUT2D eigenvalue weighted by molar-refractivity contribution is -0.305. The van der Waals surface area contributed by atoms with Crippen molar-refractivity contribution in [1.82, 2.24) is 0 Å². The van der Waals surface area contributed by atoms with E-state index in [1.807, 2.05) is 0 Å². The molecule has 0 bridgehead atoms. The number of hydrogen-bond acceptors (Lipinski definition) is 4. The third-order valence-corrected chi connectivity index (χ3v) is 2.23. The summed E-state index contributed by atoms with van der Waals surface area (Å²) in [6.45, 7) is 0. The second-order valence-corrected chi connectivity index (χ2v) is 3.70. The smallest absolute Gasteiger partial charge is 0.224 e. The number of hydrogen-bond donors (Lipinski definition) is 1. The summed E-state index contributed by atoms with van der Waals surface area (Å²) in [5.74, 6) is -1.25. The van der Waals surface area contributed by atoms with Crippen molar-refractivity contribution >= 4 is 29.2 Å². The maximum atomic E-state index is 11.4. The molecule has 0 saturated heterocycles. The van der Waals surface area contributed by atoms with Crippen LogP contribution in [-0.2, 0) is 9.59 Å². The molecule has 0 saturated carbocycles. The first-order valence-corrected chi connectivity index (χ1v) is 5.24. The van der Waals surface area contributed by atoms with E-state index in [1.54, 1.807) is 12.1 Å². The molecule has 1 amide bonds. The van der Waals surface area contributed by atoms with Gasteiger partial charge in [-0.3, -0.25) is 4.79 Å². The molecule has 0 aliphatic rings. The number of methoxy groups -OCH3 is 1. The molecule has 17 heavy (non-hydrogen) atoms. The summed E-state index contributed by atoms with van der Waals surface area (Å²) in [6.07, 6.45) is -0.479. The largest absolute Gasteiger partial charge is 0.550 e. The summed E-state index contributed by atoms with van der Waals surface area (Å²) in [7, 11) is 1.46. The molecule has 1 aromatic carbocycles. The van der Waals surface area contributed by atoms with Crippen molar-refractivity contribution in [3.05, 3.63) is 23.2 Å². The molecule has 0 aliphatic heterocycles. The summed E-state index contributed by atoms with van der Waals surface area (Å²) in [4.78, 5) is 21.6. The molecular weight excluding hydrogens is 246 g/mol. The minimum absolute atomic E-state index is 0.155. The van der Waals surface area contributed by atoms with E-state index >= 15 is 0 Å². The first kappa shape index (κ1) is 13.3. The third-order valence-electron chi connectivity index (χ3n) is 1.99. The zero-order valence-corrected chi connectivity index (χ0v) is 9.91. The average Bonchev–Trinajstić information content (AvgIpc) is 2.27. The fraction of sp³-hybridized carbons (Fsp3) is 0.273. The molecule has 0 atom stereocenters. The molecule has 5 nitrogen and oxygen atoms in total. The molecule has 0 heterocycles. The van der Waals surface area contributed by atoms with Gasteiger partial charge in [0.1, 0.15) is 5.75 Å². The van der Waals surface area contributed by atoms with Gasteiger partial charge in [0.2, 0.25) is 5.91 Å². The summed E-state index contributed by atoms with van der Waals surface area (Å²) in [5.41, 5.74) is 0.406. The molecule has 0 fully saturated rings. The fourth-order valence-electron chi connectivity index (χ4n) is 1.21. The second-order valence-electron chi connectivity index (χ2n) is 3.26. The molecule has 0 radical (unpaired) electrons. The lowest BCUT2D eigenvalue weighted by atomic mass is 10.2. The number of halogens is 1. The van der Waals surface area contributed by atoms with Crippen LogP contribution in [0.1, 0.15) is 12.8 Å². The average molecular weight is 257 g/mol. The number of carboxylic acids is 1. The van der Waals surface area contributed by atoms with Crippen LogP contribution >= 0.6 is 11.6 Å². The summed E-state index contributed by atoms with van der Waals surface area (Å²) in [5, 5.41) is 13.2. The number of carboxylic acid groups (broad SMARTS) is 1. The summed E-state index contributed by atoms with van der Waals surface area (Å²) in [6, 6.07) is 4.76. The number of benzene rings is 1. The molecule has 0 spiro atoms. The van der Waals surface area contributed by atoms with Crippen molar-refractivity contribution in [2.75, 3.05) is 12.4 Å². The Bertz CT molecular complexity index is 433. The summed E-state index contributed by atoms with van der Waals surface area (Å²) < 4.78 is 5.02. The van der Waals surface area contributed by atoms with E-state index in [1.165, 1.54) is 13.2 Å². The number of ether oxygens (including phenoxy) is 1. The standard InChI is InChI=1S/C11H12ClNO4/c1-17-9-3-2-7(12)6-8(9)13-10(14)4-5-11(15)16/h2-3,6H,4-5H2,1H3,(H,13,14)(H,15,16)/p-1. The van der Waals surface area contributed by atoms with Crippen LogP contribution in [0.15, 0.2) is 18.2 Å². The topological polar surface area (TPSA) is 78.5 Å². The first-order chi connectivity index (χ1) is 8.02. The van der Waals surface area contributed by atoms with Crippen molar-refractivity contribution in [2.45, 2.75) is 12.8 Å². The van der Waals surface area contributed by atoms with E-state index in [0.29, 0.717) is 16.5 Å². The molecule has 1 aromatic rings. The van der Waals surface area contributed by atoms with E-state index in [9.17, 15) is 14.7 Å². The van der Waals surface area contributed by atoms with Crippen LogP contribution in [-0.4, -0.2) is 19.0 Å². The Kier molecular flexibility index (Phi) is 4.78. The van der Waals surface area contributed by atoms with Crippen molar-refractivity contribution < 1.29 is 19.4 Å². The Labute approximate surface area is 103 Å². The molecule has 6 heteroatoms. The quantitative estimate of drug-likeness (QED) is 0.846. The van der Waals surface area contributed by atoms with Gasteiger partial charge in [0.15, 0.2) is 0 Å². The molecule has 1 rings (SSSR count). The van der Waals surface area contributed by atoms with Crippen LogP contribution in [0.3, 0.4) is 0 Å². The van der Waals surface area contributed by atoms with Crippen molar-refractivity contribution in [2.24, 2.45) is 0 Å². The minimum atomic E-state index is -1.27. The van der Waals surface area contributed by atoms with Crippen LogP contribution in [0.5, 0.6) is 5.75 Å². The molecule has 1 N–H and O–H groups in total. The second kappa shape index (κ2) is 6.10. The Morgan fingerprint density at radius 1 is 1.41 bits per heavy atom. The van der Waals surface area contributed by atoms with Crippen molar-refractivity contribution in [1.29, 1.82) is 0 Å². The number of carbonyl (C=O) groups is 2. The highest BCUT2D eigenvalue weighted by molar-refractivity contribution is 6.31. The highest BCUT2D eigenvalue weighted by atomic mass is 35.5. The van der Waals surface area contributed by atoms with Gasteiger partial charge in [0.25, 0.3) is 0 Å². The Hall–Kier alpha value is -1.75. The molecular formula is C11H11ClNO4-. The lowest BCUT2D eigenvalue weighted by Crippen LogP contribution is -2.24. The van der Waals surface area contributed by atoms with Gasteiger partial charge in [-0.1, -0.05) is 11.6 Å². The van der Waals surface area contributed by atoms with Gasteiger partial charge >= 0.3 is 0 Å². The maximum Gasteiger partial charge on any atom is 0.224 e. The minimum Gasteiger partial charge on any atom is -0.550 e. The zero-order chi connectivity index (χ0) is 12.8. The molecule has 92 valence electrons. The van der Waals surface area contributed by atoms with E-state index in [2.05, 4.69) is 5.32 Å². The van der Waals surface area contributed by atoms with Gasteiger partial charge in [-0.15, -0.1) is 0 Å². The van der Waals surface area contributed by atoms with E-state index < -0.39 is 11.9 Å². The maximum absolute atomic E-state index is 11.4. The van der Waals surface area contributed by atoms with E-state index in [4.69, 9.17) is 16.3 Å². The fourth-order valence-corrected chi connectivity index (χ4v) is 1.38. The number of rotatable bonds is 5. The van der Waals surface area contributed by atoms with E-state index in [-0.39, 0.29) is 12.8 Å². The van der Waals surface area contributed by atoms with Crippen LogP contribution in [0.4, 0.5) is 5.69 Å². The molecule has 0 unspecified atom stereocenters. The van der Waals surface area contributed by atoms with Gasteiger partial charge in [0, 0.05) is 17.4 Å². The third kappa shape index (κ3) is 4.32. The van der Waals surface area contributed by atoms with Gasteiger partial charge in [0.05, 0.1) is 12.8 Å². The normalized spacial score (nSPS) is 9.76. The monoisotopic (exact) mass is 256 g/mol. The number of nitrogens with one attached hydrogen (secondary N) is 1. The number of carbonyl (C=O) groups excluding carboxylic acids is 2. The van der Waals surface area contributed by atoms with Gasteiger partial charge in [-0.25, -0.2) is 0 Å². The van der Waals surface area contributed by atoms with Gasteiger partial charge in [-0.05, 0) is 24.6 Å². The van der Waals surface area contributed by atoms with Gasteiger partial charge in [-0.2, -0.15) is 0 Å². The SMILES string of the molecule is COc1ccc(Cl)cc1NC(=O)CCC(=O)[O-]. The van der Waals surface area contributed by atoms with Crippen LogP contribution in [0.2, 0.25) is 5.02 Å². The number of anilines is 1. The number of aliphatic carboxylic acids is 1. The highest BCUT2D eigenvalue weighted by Crippen LogP contribution is 2.27. The van der Waals surface area contributed by atoms with Gasteiger partial charge < -0.3 is 20.0 Å². The Morgan fingerprint density at radius 2 is 2.12 bits per heavy atom. The number of amides is 1. The predicted octanol–water partition coefficient (Wildman–Crippen LogP) is 0.817. The van der Waals surface area contributed by atoms with Crippen LogP contribution in [0, 0.1) is 0 Å². The Morgan fingerprint density at radius 3 is 2.71 bits per heavy atom.